The molecule has 0 saturated carbocycles. The number of nitrogens with one attached hydrogen (secondary N) is 1. The van der Waals surface area contributed by atoms with Crippen LogP contribution >= 0.6 is 0 Å². The Hall–Kier alpha value is -3.67. The standard InChI is InChI=1S/C20H16N4O2/c1-13-4-2-5-15(12-13)14-7-9-16(10-8-14)22-18-17-6-3-11-21-19(17)24(26)20(25)23-18/h2-12,26H,1H3,(H,22,23,25). The molecular weight excluding hydrogens is 328 g/mol. The molecule has 0 atom stereocenters. The van der Waals surface area contributed by atoms with E-state index in [4.69, 9.17) is 0 Å². The lowest BCUT2D eigenvalue weighted by molar-refractivity contribution is 0.182. The highest BCUT2D eigenvalue weighted by Crippen LogP contribution is 2.25. The fraction of sp³-hybridized carbons (Fsp3) is 0.0500. The van der Waals surface area contributed by atoms with Gasteiger partial charge in [0.15, 0.2) is 5.65 Å². The minimum atomic E-state index is -0.782. The van der Waals surface area contributed by atoms with E-state index < -0.39 is 5.69 Å². The molecule has 4 aromatic rings. The van der Waals surface area contributed by atoms with Crippen LogP contribution in [0.2, 0.25) is 0 Å². The van der Waals surface area contributed by atoms with E-state index in [-0.39, 0.29) is 5.65 Å². The van der Waals surface area contributed by atoms with Gasteiger partial charge in [0.1, 0.15) is 5.82 Å². The zero-order chi connectivity index (χ0) is 18.1. The van der Waals surface area contributed by atoms with E-state index in [2.05, 4.69) is 40.4 Å². The normalized spacial score (nSPS) is 10.8. The topological polar surface area (TPSA) is 80.0 Å². The average Bonchev–Trinajstić information content (AvgIpc) is 2.66. The van der Waals surface area contributed by atoms with E-state index in [1.54, 1.807) is 12.1 Å². The Morgan fingerprint density at radius 3 is 2.58 bits per heavy atom. The first-order valence-electron chi connectivity index (χ1n) is 8.13. The van der Waals surface area contributed by atoms with Gasteiger partial charge in [-0.15, -0.1) is 4.73 Å². The SMILES string of the molecule is Cc1cccc(-c2ccc(Nc3nc(=O)n(O)c4ncccc34)cc2)c1. The number of aryl methyl sites for hydroxylation is 1. The molecule has 2 aromatic carbocycles. The van der Waals surface area contributed by atoms with E-state index in [0.717, 1.165) is 16.8 Å². The molecule has 0 aliphatic heterocycles. The monoisotopic (exact) mass is 344 g/mol. The molecule has 2 N–H and O–H groups in total. The molecule has 0 amide bonds. The molecule has 0 unspecified atom stereocenters. The molecule has 0 fully saturated rings. The Balaban J connectivity index is 1.69. The van der Waals surface area contributed by atoms with Crippen molar-refractivity contribution in [2.24, 2.45) is 0 Å². The molecule has 0 aliphatic carbocycles. The van der Waals surface area contributed by atoms with Crippen molar-refractivity contribution in [2.45, 2.75) is 6.92 Å². The van der Waals surface area contributed by atoms with Gasteiger partial charge in [-0.3, -0.25) is 0 Å². The number of nitrogens with zero attached hydrogens (tertiary/aromatic N) is 3. The highest BCUT2D eigenvalue weighted by molar-refractivity contribution is 5.88. The first-order valence-corrected chi connectivity index (χ1v) is 8.13. The first-order chi connectivity index (χ1) is 12.6. The van der Waals surface area contributed by atoms with E-state index in [1.165, 1.54) is 11.8 Å². The zero-order valence-electron chi connectivity index (χ0n) is 14.0. The number of fused-ring (bicyclic) bond motifs is 1. The maximum absolute atomic E-state index is 11.8. The third kappa shape index (κ3) is 2.88. The lowest BCUT2D eigenvalue weighted by Crippen LogP contribution is -2.23. The smallest absolute Gasteiger partial charge is 0.384 e. The van der Waals surface area contributed by atoms with Crippen molar-refractivity contribution in [3.8, 4) is 11.1 Å². The molecule has 26 heavy (non-hydrogen) atoms. The first kappa shape index (κ1) is 15.8. The van der Waals surface area contributed by atoms with Gasteiger partial charge in [0.05, 0.1) is 5.39 Å². The van der Waals surface area contributed by atoms with Crippen LogP contribution < -0.4 is 11.0 Å². The van der Waals surface area contributed by atoms with Crippen LogP contribution in [0.25, 0.3) is 22.2 Å². The minimum Gasteiger partial charge on any atom is -0.422 e. The molecule has 2 aromatic heterocycles. The van der Waals surface area contributed by atoms with Crippen LogP contribution in [0.3, 0.4) is 0 Å². The summed E-state index contributed by atoms with van der Waals surface area (Å²) in [6.45, 7) is 2.06. The number of hydrogen-bond acceptors (Lipinski definition) is 5. The molecule has 2 heterocycles. The maximum Gasteiger partial charge on any atom is 0.384 e. The number of benzene rings is 2. The Labute approximate surface area is 149 Å². The molecule has 6 nitrogen and oxygen atoms in total. The van der Waals surface area contributed by atoms with Crippen molar-refractivity contribution in [3.05, 3.63) is 82.9 Å². The van der Waals surface area contributed by atoms with Crippen molar-refractivity contribution < 1.29 is 5.21 Å². The summed E-state index contributed by atoms with van der Waals surface area (Å²) in [4.78, 5) is 19.8. The van der Waals surface area contributed by atoms with E-state index >= 15 is 0 Å². The van der Waals surface area contributed by atoms with Crippen molar-refractivity contribution in [1.82, 2.24) is 14.7 Å². The number of anilines is 2. The van der Waals surface area contributed by atoms with Gasteiger partial charge in [-0.2, -0.15) is 4.98 Å². The molecule has 0 spiro atoms. The van der Waals surface area contributed by atoms with Crippen LogP contribution in [0.1, 0.15) is 5.56 Å². The second kappa shape index (κ2) is 6.33. The van der Waals surface area contributed by atoms with E-state index in [0.29, 0.717) is 15.9 Å². The second-order valence-corrected chi connectivity index (χ2v) is 6.00. The van der Waals surface area contributed by atoms with Gasteiger partial charge in [0, 0.05) is 11.9 Å². The predicted octanol–water partition coefficient (Wildman–Crippen LogP) is 3.75. The summed E-state index contributed by atoms with van der Waals surface area (Å²) in [6.07, 6.45) is 1.51. The van der Waals surface area contributed by atoms with Crippen LogP contribution in [-0.2, 0) is 0 Å². The maximum atomic E-state index is 11.8. The quantitative estimate of drug-likeness (QED) is 0.553. The van der Waals surface area contributed by atoms with Gasteiger partial charge in [0.25, 0.3) is 0 Å². The highest BCUT2D eigenvalue weighted by atomic mass is 16.5. The number of pyridine rings is 1. The summed E-state index contributed by atoms with van der Waals surface area (Å²) in [6, 6.07) is 19.6. The van der Waals surface area contributed by atoms with E-state index in [1.807, 2.05) is 30.3 Å². The molecule has 4 rings (SSSR count). The molecular formula is C20H16N4O2. The lowest BCUT2D eigenvalue weighted by Gasteiger charge is -2.10. The number of aromatic nitrogens is 3. The Bertz CT molecular complexity index is 1150. The van der Waals surface area contributed by atoms with Crippen LogP contribution in [0, 0.1) is 6.92 Å². The van der Waals surface area contributed by atoms with Crippen LogP contribution in [-0.4, -0.2) is 19.9 Å². The fourth-order valence-corrected chi connectivity index (χ4v) is 2.85. The number of rotatable bonds is 3. The largest absolute Gasteiger partial charge is 0.422 e. The van der Waals surface area contributed by atoms with Gasteiger partial charge >= 0.3 is 5.69 Å². The van der Waals surface area contributed by atoms with Gasteiger partial charge in [-0.1, -0.05) is 42.0 Å². The molecule has 128 valence electrons. The fourth-order valence-electron chi connectivity index (χ4n) is 2.85. The summed E-state index contributed by atoms with van der Waals surface area (Å²) in [5.41, 5.74) is 3.62. The van der Waals surface area contributed by atoms with Gasteiger partial charge in [-0.05, 0) is 42.3 Å². The molecule has 6 heteroatoms. The second-order valence-electron chi connectivity index (χ2n) is 6.00. The van der Waals surface area contributed by atoms with Crippen LogP contribution in [0.5, 0.6) is 0 Å². The average molecular weight is 344 g/mol. The van der Waals surface area contributed by atoms with Crippen molar-refractivity contribution in [2.75, 3.05) is 5.32 Å². The Kier molecular flexibility index (Phi) is 3.85. The Morgan fingerprint density at radius 2 is 1.81 bits per heavy atom. The number of hydrogen-bond donors (Lipinski definition) is 2. The van der Waals surface area contributed by atoms with Gasteiger partial charge in [0.2, 0.25) is 0 Å². The molecule has 0 bridgehead atoms. The van der Waals surface area contributed by atoms with Gasteiger partial charge < -0.3 is 10.5 Å². The third-order valence-corrected chi connectivity index (χ3v) is 4.13. The summed E-state index contributed by atoms with van der Waals surface area (Å²) < 4.78 is 0.446. The van der Waals surface area contributed by atoms with Crippen LogP contribution in [0.15, 0.2) is 71.7 Å². The van der Waals surface area contributed by atoms with Crippen molar-refractivity contribution >= 4 is 22.5 Å². The summed E-state index contributed by atoms with van der Waals surface area (Å²) in [7, 11) is 0. The summed E-state index contributed by atoms with van der Waals surface area (Å²) in [5.74, 6) is 0.353. The molecule has 0 radical (unpaired) electrons. The van der Waals surface area contributed by atoms with Crippen LogP contribution in [0.4, 0.5) is 11.5 Å². The highest BCUT2D eigenvalue weighted by Gasteiger charge is 2.10. The molecule has 0 saturated heterocycles. The lowest BCUT2D eigenvalue weighted by atomic mass is 10.0. The van der Waals surface area contributed by atoms with Crippen molar-refractivity contribution in [3.63, 3.8) is 0 Å². The zero-order valence-corrected chi connectivity index (χ0v) is 14.0. The minimum absolute atomic E-state index is 0.159. The summed E-state index contributed by atoms with van der Waals surface area (Å²) in [5, 5.41) is 13.5. The summed E-state index contributed by atoms with van der Waals surface area (Å²) >= 11 is 0. The molecule has 0 aliphatic rings. The van der Waals surface area contributed by atoms with Crippen molar-refractivity contribution in [1.29, 1.82) is 0 Å². The Morgan fingerprint density at radius 1 is 1.00 bits per heavy atom. The third-order valence-electron chi connectivity index (χ3n) is 4.13. The van der Waals surface area contributed by atoms with Gasteiger partial charge in [-0.25, -0.2) is 9.78 Å². The van der Waals surface area contributed by atoms with E-state index in [9.17, 15) is 10.0 Å². The predicted molar refractivity (Wildman–Crippen MR) is 101 cm³/mol.